The van der Waals surface area contributed by atoms with Crippen molar-refractivity contribution in [1.82, 2.24) is 0 Å². The quantitative estimate of drug-likeness (QED) is 0.598. The Morgan fingerprint density at radius 2 is 2.00 bits per heavy atom. The molecule has 0 amide bonds. The molecule has 4 aliphatic carbocycles. The van der Waals surface area contributed by atoms with Crippen LogP contribution < -0.4 is 0 Å². The largest absolute Gasteiger partial charge is 0.465 e. The first-order chi connectivity index (χ1) is 9.08. The third-order valence-corrected chi connectivity index (χ3v) is 6.60. The monoisotopic (exact) mass is 308 g/mol. The molecular weight excluding hydrogens is 298 g/mol. The van der Waals surface area contributed by atoms with Crippen LogP contribution >= 0.6 is 0 Å². The Kier molecular flexibility index (Phi) is 1.84. The molecule has 6 nitrogen and oxygen atoms in total. The van der Waals surface area contributed by atoms with Crippen molar-refractivity contribution in [3.63, 3.8) is 0 Å². The Labute approximate surface area is 112 Å². The number of ether oxygens (including phenoxy) is 1. The second kappa shape index (κ2) is 2.92. The molecule has 4 aliphatic rings. The van der Waals surface area contributed by atoms with E-state index in [-0.39, 0.29) is 30.0 Å². The van der Waals surface area contributed by atoms with Crippen molar-refractivity contribution in [2.75, 3.05) is 0 Å². The van der Waals surface area contributed by atoms with E-state index in [2.05, 4.69) is 0 Å². The van der Waals surface area contributed by atoms with E-state index in [0.29, 0.717) is 12.8 Å². The third kappa shape index (κ3) is 0.928. The number of Topliss-reactive ketones (excluding diaryl/α,β-unsaturated/α-hetero) is 1. The smallest absolute Gasteiger partial charge is 0.453 e. The van der Waals surface area contributed by atoms with Gasteiger partial charge in [-0.1, -0.05) is 0 Å². The van der Waals surface area contributed by atoms with Crippen molar-refractivity contribution in [1.29, 1.82) is 0 Å². The van der Waals surface area contributed by atoms with Gasteiger partial charge in [-0.15, -0.1) is 0 Å². The maximum Gasteiger partial charge on any atom is 0.465 e. The average molecular weight is 308 g/mol. The third-order valence-electron chi connectivity index (χ3n) is 5.78. The summed E-state index contributed by atoms with van der Waals surface area (Å²) in [5.41, 5.74) is -1.63. The van der Waals surface area contributed by atoms with Crippen LogP contribution in [0, 0.1) is 23.2 Å². The number of hydrogen-bond donors (Lipinski definition) is 1. The fourth-order valence-corrected chi connectivity index (χ4v) is 5.26. The van der Waals surface area contributed by atoms with E-state index < -0.39 is 32.4 Å². The van der Waals surface area contributed by atoms with Gasteiger partial charge in [-0.3, -0.25) is 9.35 Å². The molecule has 4 saturated carbocycles. The summed E-state index contributed by atoms with van der Waals surface area (Å²) in [4.78, 5) is 23.0. The zero-order valence-corrected chi connectivity index (χ0v) is 10.8. The Morgan fingerprint density at radius 1 is 1.35 bits per heavy atom. The topological polar surface area (TPSA) is 97.7 Å². The summed E-state index contributed by atoms with van der Waals surface area (Å²) in [6.45, 7) is 0. The minimum Gasteiger partial charge on any atom is -0.453 e. The number of carbonyl (C=O) groups excluding carboxylic acids is 2. The molecule has 0 saturated heterocycles. The molecular formula is C11H10F2O6S. The zero-order chi connectivity index (χ0) is 14.7. The average Bonchev–Trinajstić information content (AvgIpc) is 2.25. The fourth-order valence-electron chi connectivity index (χ4n) is 5.00. The van der Waals surface area contributed by atoms with Gasteiger partial charge in [0.2, 0.25) is 0 Å². The van der Waals surface area contributed by atoms with Gasteiger partial charge in [0.15, 0.2) is 0 Å². The molecule has 9 heteroatoms. The summed E-state index contributed by atoms with van der Waals surface area (Å²) in [6, 6.07) is 0. The lowest BCUT2D eigenvalue weighted by atomic mass is 9.16. The van der Waals surface area contributed by atoms with E-state index in [0.717, 1.165) is 0 Å². The molecule has 5 atom stereocenters. The normalized spacial score (nSPS) is 47.8. The number of hydrogen-bond acceptors (Lipinski definition) is 5. The lowest BCUT2D eigenvalue weighted by molar-refractivity contribution is -0.412. The van der Waals surface area contributed by atoms with E-state index >= 15 is 0 Å². The van der Waals surface area contributed by atoms with Crippen LogP contribution in [0.5, 0.6) is 0 Å². The highest BCUT2D eigenvalue weighted by atomic mass is 32.2. The van der Waals surface area contributed by atoms with Crippen LogP contribution in [0.2, 0.25) is 0 Å². The predicted octanol–water partition coefficient (Wildman–Crippen LogP) is 0.378. The van der Waals surface area contributed by atoms with E-state index in [4.69, 9.17) is 9.29 Å². The minimum atomic E-state index is -5.85. The van der Waals surface area contributed by atoms with Crippen molar-refractivity contribution in [2.24, 2.45) is 23.2 Å². The standard InChI is InChI=1S/C11H10F2O6S/c12-11(13,20(16,17)18)8(15)19-9-2-4-1-5-7(14)6(3-9)10(4,5)9/h4-6H,1-3H2,(H,16,17,18). The highest BCUT2D eigenvalue weighted by Crippen LogP contribution is 2.88. The van der Waals surface area contributed by atoms with Gasteiger partial charge < -0.3 is 4.74 Å². The second-order valence-corrected chi connectivity index (χ2v) is 7.62. The molecule has 4 fully saturated rings. The lowest BCUT2D eigenvalue weighted by Crippen LogP contribution is -2.93. The van der Waals surface area contributed by atoms with E-state index in [1.165, 1.54) is 0 Å². The molecule has 1 N–H and O–H groups in total. The molecule has 0 aromatic rings. The van der Waals surface area contributed by atoms with Crippen molar-refractivity contribution in [3.05, 3.63) is 0 Å². The van der Waals surface area contributed by atoms with Crippen LogP contribution in [0.25, 0.3) is 0 Å². The number of ketones is 1. The highest BCUT2D eigenvalue weighted by Gasteiger charge is 2.93. The first kappa shape index (κ1) is 12.6. The molecule has 4 rings (SSSR count). The number of carbonyl (C=O) groups is 2. The van der Waals surface area contributed by atoms with Crippen molar-refractivity contribution >= 4 is 21.9 Å². The van der Waals surface area contributed by atoms with Crippen LogP contribution in [0.15, 0.2) is 0 Å². The predicted molar refractivity (Wildman–Crippen MR) is 57.1 cm³/mol. The number of rotatable bonds is 3. The first-order valence-electron chi connectivity index (χ1n) is 6.20. The number of esters is 1. The lowest BCUT2D eigenvalue weighted by Gasteiger charge is -2.87. The van der Waals surface area contributed by atoms with E-state index in [1.54, 1.807) is 0 Å². The van der Waals surface area contributed by atoms with Gasteiger partial charge in [-0.05, 0) is 25.2 Å². The van der Waals surface area contributed by atoms with Crippen LogP contribution in [0.4, 0.5) is 8.78 Å². The molecule has 0 bridgehead atoms. The number of halogens is 2. The molecule has 1 spiro atoms. The van der Waals surface area contributed by atoms with Crippen LogP contribution in [0.3, 0.4) is 0 Å². The van der Waals surface area contributed by atoms with Gasteiger partial charge in [0.1, 0.15) is 11.4 Å². The molecule has 20 heavy (non-hydrogen) atoms. The molecule has 5 unspecified atom stereocenters. The van der Waals surface area contributed by atoms with Crippen molar-refractivity contribution < 1.29 is 36.1 Å². The molecule has 0 aromatic carbocycles. The second-order valence-electron chi connectivity index (χ2n) is 6.16. The maximum atomic E-state index is 13.2. The van der Waals surface area contributed by atoms with Gasteiger partial charge in [0, 0.05) is 17.3 Å². The molecule has 0 aromatic heterocycles. The van der Waals surface area contributed by atoms with Gasteiger partial charge in [0.25, 0.3) is 0 Å². The van der Waals surface area contributed by atoms with E-state index in [1.807, 2.05) is 0 Å². The van der Waals surface area contributed by atoms with Crippen LogP contribution in [-0.2, 0) is 24.4 Å². The van der Waals surface area contributed by atoms with Gasteiger partial charge >= 0.3 is 21.3 Å². The number of alkyl halides is 2. The van der Waals surface area contributed by atoms with Crippen LogP contribution in [0.1, 0.15) is 19.3 Å². The van der Waals surface area contributed by atoms with Gasteiger partial charge in [-0.25, -0.2) is 4.79 Å². The summed E-state index contributed by atoms with van der Waals surface area (Å²) < 4.78 is 60.6. The Hall–Kier alpha value is -1.09. The fraction of sp³-hybridized carbons (Fsp3) is 0.818. The van der Waals surface area contributed by atoms with Crippen molar-refractivity contribution in [3.8, 4) is 0 Å². The summed E-state index contributed by atoms with van der Waals surface area (Å²) in [5, 5.41) is -4.97. The summed E-state index contributed by atoms with van der Waals surface area (Å²) in [7, 11) is -5.85. The van der Waals surface area contributed by atoms with Crippen molar-refractivity contribution in [2.45, 2.75) is 30.1 Å². The minimum absolute atomic E-state index is 0.0918. The summed E-state index contributed by atoms with van der Waals surface area (Å²) in [5.74, 6) is -2.42. The zero-order valence-electron chi connectivity index (χ0n) is 10.0. The Balaban J connectivity index is 1.58. The highest BCUT2D eigenvalue weighted by molar-refractivity contribution is 7.87. The summed E-state index contributed by atoms with van der Waals surface area (Å²) in [6.07, 6.45) is 1.27. The maximum absolute atomic E-state index is 13.2. The SMILES string of the molecule is O=C1C2CC3CC4(OC(=O)C(F)(F)S(=O)(=O)O)CC1C324. The molecule has 0 aliphatic heterocycles. The van der Waals surface area contributed by atoms with E-state index in [9.17, 15) is 26.8 Å². The van der Waals surface area contributed by atoms with Crippen LogP contribution in [-0.4, -0.2) is 35.6 Å². The molecule has 0 heterocycles. The molecule has 0 radical (unpaired) electrons. The summed E-state index contributed by atoms with van der Waals surface area (Å²) >= 11 is 0. The Bertz CT molecular complexity index is 662. The Morgan fingerprint density at radius 3 is 2.50 bits per heavy atom. The first-order valence-corrected chi connectivity index (χ1v) is 7.64. The molecule has 110 valence electrons. The van der Waals surface area contributed by atoms with Gasteiger partial charge in [0.05, 0.1) is 0 Å². The van der Waals surface area contributed by atoms with Gasteiger partial charge in [-0.2, -0.15) is 17.2 Å².